The molecule has 0 unspecified atom stereocenters. The Morgan fingerprint density at radius 2 is 2.07 bits per heavy atom. The molecule has 0 aliphatic rings. The van der Waals surface area contributed by atoms with Crippen molar-refractivity contribution in [2.45, 2.75) is 32.6 Å². The Hall–Kier alpha value is -0.730. The molecular weight excluding hydrogens is 210 g/mol. The van der Waals surface area contributed by atoms with Gasteiger partial charge in [0.15, 0.2) is 0 Å². The number of phenols is 1. The second-order valence-electron chi connectivity index (χ2n) is 4.05. The Morgan fingerprint density at radius 3 is 2.60 bits per heavy atom. The number of hydrogen-bond acceptors (Lipinski definition) is 2. The highest BCUT2D eigenvalue weighted by atomic mass is 35.5. The lowest BCUT2D eigenvalue weighted by Gasteiger charge is -2.13. The number of hydrogen-bond donors (Lipinski definition) is 2. The van der Waals surface area contributed by atoms with Crippen LogP contribution in [-0.2, 0) is 6.42 Å². The predicted molar refractivity (Wildman–Crippen MR) is 64.6 cm³/mol. The average molecular weight is 228 g/mol. The van der Waals surface area contributed by atoms with Crippen LogP contribution in [0.2, 0.25) is 5.02 Å². The van der Waals surface area contributed by atoms with Crippen molar-refractivity contribution < 1.29 is 5.11 Å². The fourth-order valence-corrected chi connectivity index (χ4v) is 1.85. The topological polar surface area (TPSA) is 46.2 Å². The molecule has 0 amide bonds. The molecule has 0 bridgehead atoms. The molecule has 0 spiro atoms. The van der Waals surface area contributed by atoms with E-state index in [2.05, 4.69) is 0 Å². The summed E-state index contributed by atoms with van der Waals surface area (Å²) in [6.07, 6.45) is 1.65. The van der Waals surface area contributed by atoms with Crippen LogP contribution in [0.5, 0.6) is 5.75 Å². The second kappa shape index (κ2) is 5.38. The smallest absolute Gasteiger partial charge is 0.122 e. The van der Waals surface area contributed by atoms with Crippen LogP contribution in [0.15, 0.2) is 12.1 Å². The van der Waals surface area contributed by atoms with Gasteiger partial charge >= 0.3 is 0 Å². The molecule has 3 N–H and O–H groups in total. The first-order chi connectivity index (χ1) is 7.06. The summed E-state index contributed by atoms with van der Waals surface area (Å²) in [4.78, 5) is 0. The van der Waals surface area contributed by atoms with Gasteiger partial charge < -0.3 is 10.8 Å². The minimum Gasteiger partial charge on any atom is -0.507 e. The van der Waals surface area contributed by atoms with E-state index < -0.39 is 0 Å². The third-order valence-corrected chi connectivity index (χ3v) is 2.67. The molecule has 84 valence electrons. The molecule has 0 saturated heterocycles. The summed E-state index contributed by atoms with van der Waals surface area (Å²) in [5.41, 5.74) is 7.26. The molecule has 3 heteroatoms. The van der Waals surface area contributed by atoms with Crippen molar-refractivity contribution in [3.05, 3.63) is 28.3 Å². The van der Waals surface area contributed by atoms with Gasteiger partial charge in [0.2, 0.25) is 0 Å². The van der Waals surface area contributed by atoms with E-state index in [1.54, 1.807) is 0 Å². The van der Waals surface area contributed by atoms with Gasteiger partial charge in [-0.25, -0.2) is 0 Å². The van der Waals surface area contributed by atoms with E-state index in [0.717, 1.165) is 24.0 Å². The van der Waals surface area contributed by atoms with E-state index in [4.69, 9.17) is 17.3 Å². The van der Waals surface area contributed by atoms with Gasteiger partial charge in [-0.05, 0) is 48.6 Å². The second-order valence-corrected chi connectivity index (χ2v) is 4.49. The molecule has 15 heavy (non-hydrogen) atoms. The fourth-order valence-electron chi connectivity index (χ4n) is 1.60. The summed E-state index contributed by atoms with van der Waals surface area (Å²) in [6, 6.07) is 3.64. The van der Waals surface area contributed by atoms with Gasteiger partial charge in [0.25, 0.3) is 0 Å². The van der Waals surface area contributed by atoms with Gasteiger partial charge in [0.1, 0.15) is 5.75 Å². The van der Waals surface area contributed by atoms with E-state index in [-0.39, 0.29) is 5.92 Å². The highest BCUT2D eigenvalue weighted by Crippen LogP contribution is 2.32. The van der Waals surface area contributed by atoms with Crippen molar-refractivity contribution >= 4 is 11.6 Å². The Balaban J connectivity index is 3.05. The van der Waals surface area contributed by atoms with E-state index in [0.29, 0.717) is 17.3 Å². The quantitative estimate of drug-likeness (QED) is 0.831. The van der Waals surface area contributed by atoms with Crippen LogP contribution in [-0.4, -0.2) is 11.7 Å². The zero-order chi connectivity index (χ0) is 11.4. The first-order valence-corrected chi connectivity index (χ1v) is 5.65. The van der Waals surface area contributed by atoms with Gasteiger partial charge in [-0.2, -0.15) is 0 Å². The van der Waals surface area contributed by atoms with Crippen LogP contribution in [0.3, 0.4) is 0 Å². The van der Waals surface area contributed by atoms with Gasteiger partial charge in [-0.3, -0.25) is 0 Å². The number of halogens is 1. The van der Waals surface area contributed by atoms with Crippen LogP contribution in [0.25, 0.3) is 0 Å². The summed E-state index contributed by atoms with van der Waals surface area (Å²) in [6.45, 7) is 4.71. The summed E-state index contributed by atoms with van der Waals surface area (Å²) >= 11 is 6.00. The maximum atomic E-state index is 10.0. The molecule has 1 rings (SSSR count). The first kappa shape index (κ1) is 12.3. The molecule has 0 radical (unpaired) electrons. The largest absolute Gasteiger partial charge is 0.507 e. The number of rotatable bonds is 4. The number of aromatic hydroxyl groups is 1. The Morgan fingerprint density at radius 1 is 1.40 bits per heavy atom. The molecule has 0 heterocycles. The van der Waals surface area contributed by atoms with Crippen molar-refractivity contribution in [1.82, 2.24) is 0 Å². The minimum absolute atomic E-state index is 0.278. The number of benzene rings is 1. The van der Waals surface area contributed by atoms with Gasteiger partial charge in [0, 0.05) is 5.02 Å². The van der Waals surface area contributed by atoms with Crippen molar-refractivity contribution in [3.63, 3.8) is 0 Å². The van der Waals surface area contributed by atoms with Crippen molar-refractivity contribution in [3.8, 4) is 5.75 Å². The van der Waals surface area contributed by atoms with Crippen molar-refractivity contribution in [2.75, 3.05) is 6.54 Å². The van der Waals surface area contributed by atoms with E-state index in [9.17, 15) is 5.11 Å². The SMILES string of the molecule is CC(C)c1cc(Cl)cc(CCCN)c1O. The van der Waals surface area contributed by atoms with Crippen LogP contribution in [0.1, 0.15) is 37.3 Å². The molecule has 1 aromatic carbocycles. The lowest BCUT2D eigenvalue weighted by atomic mass is 9.97. The summed E-state index contributed by atoms with van der Waals surface area (Å²) < 4.78 is 0. The highest BCUT2D eigenvalue weighted by Gasteiger charge is 2.11. The van der Waals surface area contributed by atoms with E-state index in [1.165, 1.54) is 0 Å². The van der Waals surface area contributed by atoms with Crippen LogP contribution >= 0.6 is 11.6 Å². The predicted octanol–water partition coefficient (Wildman–Crippen LogP) is 3.06. The first-order valence-electron chi connectivity index (χ1n) is 5.27. The van der Waals surface area contributed by atoms with E-state index >= 15 is 0 Å². The Bertz CT molecular complexity index is 337. The zero-order valence-electron chi connectivity index (χ0n) is 9.26. The van der Waals surface area contributed by atoms with Gasteiger partial charge in [-0.15, -0.1) is 0 Å². The third-order valence-electron chi connectivity index (χ3n) is 2.46. The lowest BCUT2D eigenvalue weighted by Crippen LogP contribution is -2.01. The lowest BCUT2D eigenvalue weighted by molar-refractivity contribution is 0.457. The summed E-state index contributed by atoms with van der Waals surface area (Å²) in [5, 5.41) is 10.7. The molecule has 0 atom stereocenters. The van der Waals surface area contributed by atoms with Gasteiger partial charge in [0.05, 0.1) is 0 Å². The maximum Gasteiger partial charge on any atom is 0.122 e. The van der Waals surface area contributed by atoms with Crippen molar-refractivity contribution in [2.24, 2.45) is 5.73 Å². The summed E-state index contributed by atoms with van der Waals surface area (Å²) in [7, 11) is 0. The molecule has 1 aromatic rings. The Labute approximate surface area is 96.1 Å². The van der Waals surface area contributed by atoms with Crippen LogP contribution < -0.4 is 5.73 Å². The minimum atomic E-state index is 0.278. The maximum absolute atomic E-state index is 10.0. The number of phenolic OH excluding ortho intramolecular Hbond substituents is 1. The van der Waals surface area contributed by atoms with Crippen LogP contribution in [0, 0.1) is 0 Å². The number of aryl methyl sites for hydroxylation is 1. The molecule has 0 saturated carbocycles. The molecule has 0 aromatic heterocycles. The zero-order valence-corrected chi connectivity index (χ0v) is 10.0. The Kier molecular flexibility index (Phi) is 4.43. The monoisotopic (exact) mass is 227 g/mol. The molecule has 0 fully saturated rings. The molecular formula is C12H18ClNO. The fraction of sp³-hybridized carbons (Fsp3) is 0.500. The summed E-state index contributed by atoms with van der Waals surface area (Å²) in [5.74, 6) is 0.656. The van der Waals surface area contributed by atoms with Crippen molar-refractivity contribution in [1.29, 1.82) is 0 Å². The average Bonchev–Trinajstić information content (AvgIpc) is 2.18. The molecule has 2 nitrogen and oxygen atoms in total. The highest BCUT2D eigenvalue weighted by molar-refractivity contribution is 6.30. The molecule has 0 aliphatic heterocycles. The molecule has 0 aliphatic carbocycles. The van der Waals surface area contributed by atoms with E-state index in [1.807, 2.05) is 26.0 Å². The standard InChI is InChI=1S/C12H18ClNO/c1-8(2)11-7-10(13)6-9(12(11)15)4-3-5-14/h6-8,15H,3-5,14H2,1-2H3. The van der Waals surface area contributed by atoms with Gasteiger partial charge in [-0.1, -0.05) is 25.4 Å². The number of nitrogens with two attached hydrogens (primary N) is 1. The normalized spacial score (nSPS) is 11.0. The third kappa shape index (κ3) is 3.11. The van der Waals surface area contributed by atoms with Crippen LogP contribution in [0.4, 0.5) is 0 Å².